The molecule has 0 aromatic heterocycles. The van der Waals surface area contributed by atoms with Gasteiger partial charge < -0.3 is 10.1 Å². The van der Waals surface area contributed by atoms with Gasteiger partial charge in [0.15, 0.2) is 5.37 Å². The van der Waals surface area contributed by atoms with Crippen LogP contribution in [0.25, 0.3) is 0 Å². The highest BCUT2D eigenvalue weighted by Gasteiger charge is 2.22. The Morgan fingerprint density at radius 3 is 2.42 bits per heavy atom. The third-order valence-corrected chi connectivity index (χ3v) is 3.31. The van der Waals surface area contributed by atoms with Gasteiger partial charge in [0.25, 0.3) is 0 Å². The van der Waals surface area contributed by atoms with Gasteiger partial charge in [-0.15, -0.1) is 11.8 Å². The molecule has 1 rings (SSSR count). The first-order valence-electron chi connectivity index (χ1n) is 6.12. The fraction of sp³-hybridized carbons (Fsp3) is 0.429. The number of hydrogen-bond acceptors (Lipinski definition) is 4. The maximum absolute atomic E-state index is 11.9. The van der Waals surface area contributed by atoms with Gasteiger partial charge in [-0.05, 0) is 5.56 Å². The van der Waals surface area contributed by atoms with Gasteiger partial charge in [0, 0.05) is 12.2 Å². The predicted molar refractivity (Wildman–Crippen MR) is 76.6 cm³/mol. The van der Waals surface area contributed by atoms with Crippen LogP contribution in [0.15, 0.2) is 30.3 Å². The smallest absolute Gasteiger partial charge is 0.339 e. The second-order valence-electron chi connectivity index (χ2n) is 4.36. The number of nitrogens with one attached hydrogen (secondary N) is 1. The number of hydrogen-bond donors (Lipinski definition) is 1. The summed E-state index contributed by atoms with van der Waals surface area (Å²) in [5, 5.41) is 2.17. The number of amides is 1. The van der Waals surface area contributed by atoms with Crippen LogP contribution < -0.4 is 5.32 Å². The van der Waals surface area contributed by atoms with Crippen molar-refractivity contribution in [3.63, 3.8) is 0 Å². The second-order valence-corrected chi connectivity index (χ2v) is 6.05. The summed E-state index contributed by atoms with van der Waals surface area (Å²) < 4.78 is 5.22. The van der Waals surface area contributed by atoms with Crippen molar-refractivity contribution >= 4 is 23.6 Å². The zero-order chi connectivity index (χ0) is 14.3. The van der Waals surface area contributed by atoms with Gasteiger partial charge in [-0.3, -0.25) is 4.79 Å². The van der Waals surface area contributed by atoms with E-state index in [0.29, 0.717) is 0 Å². The predicted octanol–water partition coefficient (Wildman–Crippen LogP) is 2.33. The Morgan fingerprint density at radius 2 is 1.89 bits per heavy atom. The molecule has 0 saturated heterocycles. The number of carbonyl (C=O) groups excluding carboxylic acids is 2. The van der Waals surface area contributed by atoms with E-state index >= 15 is 0 Å². The molecular formula is C14H19NO3S. The molecule has 4 nitrogen and oxygen atoms in total. The third kappa shape index (κ3) is 6.29. The molecule has 19 heavy (non-hydrogen) atoms. The van der Waals surface area contributed by atoms with E-state index in [1.807, 2.05) is 44.2 Å². The molecule has 0 aliphatic rings. The average Bonchev–Trinajstić information content (AvgIpc) is 2.35. The van der Waals surface area contributed by atoms with Crippen LogP contribution in [-0.2, 0) is 20.9 Å². The van der Waals surface area contributed by atoms with Crippen molar-refractivity contribution in [2.24, 2.45) is 0 Å². The normalized spacial score (nSPS) is 12.0. The van der Waals surface area contributed by atoms with Crippen molar-refractivity contribution in [2.45, 2.75) is 38.0 Å². The van der Waals surface area contributed by atoms with Gasteiger partial charge >= 0.3 is 5.97 Å². The van der Waals surface area contributed by atoms with Gasteiger partial charge in [0.1, 0.15) is 6.61 Å². The molecule has 1 amide bonds. The topological polar surface area (TPSA) is 55.4 Å². The van der Waals surface area contributed by atoms with Crippen molar-refractivity contribution in [3.05, 3.63) is 35.9 Å². The number of ether oxygens (including phenoxy) is 1. The number of esters is 1. The summed E-state index contributed by atoms with van der Waals surface area (Å²) in [5.74, 6) is -0.660. The maximum atomic E-state index is 11.9. The first-order valence-corrected chi connectivity index (χ1v) is 7.06. The summed E-state index contributed by atoms with van der Waals surface area (Å²) in [6, 6.07) is 9.45. The third-order valence-electron chi connectivity index (χ3n) is 2.18. The lowest BCUT2D eigenvalue weighted by Gasteiger charge is -2.18. The van der Waals surface area contributed by atoms with Crippen molar-refractivity contribution in [3.8, 4) is 0 Å². The van der Waals surface area contributed by atoms with Crippen molar-refractivity contribution in [2.75, 3.05) is 0 Å². The van der Waals surface area contributed by atoms with Crippen LogP contribution in [0.3, 0.4) is 0 Å². The lowest BCUT2D eigenvalue weighted by atomic mass is 10.2. The molecule has 104 valence electrons. The lowest BCUT2D eigenvalue weighted by Crippen LogP contribution is -2.39. The molecule has 1 atom stereocenters. The Kier molecular flexibility index (Phi) is 6.42. The molecule has 0 spiro atoms. The zero-order valence-electron chi connectivity index (χ0n) is 11.4. The van der Waals surface area contributed by atoms with E-state index in [1.165, 1.54) is 18.7 Å². The molecule has 1 aromatic carbocycles. The average molecular weight is 281 g/mol. The monoisotopic (exact) mass is 281 g/mol. The van der Waals surface area contributed by atoms with Crippen molar-refractivity contribution in [1.29, 1.82) is 0 Å². The number of carbonyl (C=O) groups is 2. The van der Waals surface area contributed by atoms with Gasteiger partial charge in [-0.2, -0.15) is 0 Å². The maximum Gasteiger partial charge on any atom is 0.339 e. The SMILES string of the molecule is CC(=O)NC(SC(C)C)C(=O)OCc1ccccc1. The Bertz CT molecular complexity index is 420. The van der Waals surface area contributed by atoms with Crippen molar-refractivity contribution in [1.82, 2.24) is 5.32 Å². The first kappa shape index (κ1) is 15.6. The molecule has 0 radical (unpaired) electrons. The zero-order valence-corrected chi connectivity index (χ0v) is 12.2. The molecule has 1 aromatic rings. The lowest BCUT2D eigenvalue weighted by molar-refractivity contribution is -0.146. The molecule has 0 heterocycles. The van der Waals surface area contributed by atoms with E-state index in [0.717, 1.165) is 5.56 Å². The highest BCUT2D eigenvalue weighted by atomic mass is 32.2. The Balaban J connectivity index is 2.54. The highest BCUT2D eigenvalue weighted by molar-refractivity contribution is 8.01. The quantitative estimate of drug-likeness (QED) is 0.642. The van der Waals surface area contributed by atoms with E-state index in [9.17, 15) is 9.59 Å². The molecule has 0 saturated carbocycles. The Morgan fingerprint density at radius 1 is 1.26 bits per heavy atom. The van der Waals surface area contributed by atoms with Crippen LogP contribution in [0, 0.1) is 0 Å². The van der Waals surface area contributed by atoms with Gasteiger partial charge in [-0.1, -0.05) is 44.2 Å². The minimum Gasteiger partial charge on any atom is -0.459 e. The molecule has 0 bridgehead atoms. The molecule has 1 N–H and O–H groups in total. The summed E-state index contributed by atoms with van der Waals surface area (Å²) in [6.45, 7) is 5.53. The summed E-state index contributed by atoms with van der Waals surface area (Å²) in [5.41, 5.74) is 0.923. The van der Waals surface area contributed by atoms with E-state index in [1.54, 1.807) is 0 Å². The standard InChI is InChI=1S/C14H19NO3S/c1-10(2)19-13(15-11(3)16)14(17)18-9-12-7-5-4-6-8-12/h4-8,10,13H,9H2,1-3H3,(H,15,16). The fourth-order valence-corrected chi connectivity index (χ4v) is 2.37. The Hall–Kier alpha value is -1.49. The Labute approximate surface area is 117 Å². The summed E-state index contributed by atoms with van der Waals surface area (Å²) in [4.78, 5) is 23.0. The van der Waals surface area contributed by atoms with E-state index in [4.69, 9.17) is 4.74 Å². The molecule has 5 heteroatoms. The summed E-state index contributed by atoms with van der Waals surface area (Å²) in [7, 11) is 0. The molecule has 0 aliphatic heterocycles. The van der Waals surface area contributed by atoms with Crippen molar-refractivity contribution < 1.29 is 14.3 Å². The minimum atomic E-state index is -0.652. The largest absolute Gasteiger partial charge is 0.459 e. The van der Waals surface area contributed by atoms with E-state index in [-0.39, 0.29) is 17.8 Å². The van der Waals surface area contributed by atoms with Crippen LogP contribution in [0.4, 0.5) is 0 Å². The highest BCUT2D eigenvalue weighted by Crippen LogP contribution is 2.17. The minimum absolute atomic E-state index is 0.217. The number of benzene rings is 1. The van der Waals surface area contributed by atoms with Crippen LogP contribution in [0.5, 0.6) is 0 Å². The van der Waals surface area contributed by atoms with E-state index < -0.39 is 11.3 Å². The molecular weight excluding hydrogens is 262 g/mol. The first-order chi connectivity index (χ1) is 8.99. The van der Waals surface area contributed by atoms with Crippen LogP contribution in [0.1, 0.15) is 26.3 Å². The summed E-state index contributed by atoms with van der Waals surface area (Å²) in [6.07, 6.45) is 0. The fourth-order valence-electron chi connectivity index (χ4n) is 1.41. The van der Waals surface area contributed by atoms with Crippen LogP contribution >= 0.6 is 11.8 Å². The van der Waals surface area contributed by atoms with Crippen LogP contribution in [-0.4, -0.2) is 22.5 Å². The second kappa shape index (κ2) is 7.84. The number of thioether (sulfide) groups is 1. The molecule has 1 unspecified atom stereocenters. The van der Waals surface area contributed by atoms with Gasteiger partial charge in [-0.25, -0.2) is 4.79 Å². The number of rotatable bonds is 6. The summed E-state index contributed by atoms with van der Waals surface area (Å²) >= 11 is 1.36. The molecule has 0 fully saturated rings. The molecule has 0 aliphatic carbocycles. The van der Waals surface area contributed by atoms with E-state index in [2.05, 4.69) is 5.32 Å². The van der Waals surface area contributed by atoms with Crippen LogP contribution in [0.2, 0.25) is 0 Å². The van der Waals surface area contributed by atoms with Gasteiger partial charge in [0.2, 0.25) is 5.91 Å². The van der Waals surface area contributed by atoms with Gasteiger partial charge in [0.05, 0.1) is 0 Å².